The molecule has 0 aromatic carbocycles. The van der Waals surface area contributed by atoms with Crippen LogP contribution in [0.1, 0.15) is 5.56 Å². The molecule has 64 valence electrons. The van der Waals surface area contributed by atoms with Crippen LogP contribution in [0.25, 0.3) is 0 Å². The second-order valence-electron chi connectivity index (χ2n) is 2.40. The second-order valence-corrected chi connectivity index (χ2v) is 2.40. The van der Waals surface area contributed by atoms with E-state index in [4.69, 9.17) is 10.8 Å². The van der Waals surface area contributed by atoms with E-state index in [-0.39, 0.29) is 6.42 Å². The molecule has 0 aliphatic heterocycles. The Morgan fingerprint density at radius 2 is 2.17 bits per heavy atom. The van der Waals surface area contributed by atoms with E-state index >= 15 is 0 Å². The summed E-state index contributed by atoms with van der Waals surface area (Å²) in [7, 11) is 0. The van der Waals surface area contributed by atoms with Gasteiger partial charge in [0.1, 0.15) is 12.4 Å². The Labute approximate surface area is 69.3 Å². The number of carboxylic acid groups (broad SMARTS) is 1. The van der Waals surface area contributed by atoms with Crippen molar-refractivity contribution < 1.29 is 9.90 Å². The van der Waals surface area contributed by atoms with E-state index in [2.05, 4.69) is 9.97 Å². The number of aromatic nitrogens is 2. The van der Waals surface area contributed by atoms with Crippen LogP contribution in [-0.2, 0) is 11.2 Å². The van der Waals surface area contributed by atoms with Crippen molar-refractivity contribution in [2.45, 2.75) is 12.5 Å². The number of aliphatic carboxylic acids is 1. The predicted octanol–water partition coefficient (Wildman–Crippen LogP) is -0.569. The molecule has 5 heteroatoms. The van der Waals surface area contributed by atoms with Gasteiger partial charge >= 0.3 is 5.97 Å². The minimum absolute atomic E-state index is 0.260. The molecule has 0 radical (unpaired) electrons. The molecule has 1 aromatic rings. The minimum Gasteiger partial charge on any atom is -0.480 e. The van der Waals surface area contributed by atoms with Crippen LogP contribution in [0.2, 0.25) is 0 Å². The van der Waals surface area contributed by atoms with Crippen molar-refractivity contribution in [3.05, 3.63) is 24.3 Å². The zero-order chi connectivity index (χ0) is 8.97. The summed E-state index contributed by atoms with van der Waals surface area (Å²) < 4.78 is 0. The summed E-state index contributed by atoms with van der Waals surface area (Å²) in [6.45, 7) is 0. The Morgan fingerprint density at radius 3 is 2.67 bits per heavy atom. The molecular weight excluding hydrogens is 158 g/mol. The van der Waals surface area contributed by atoms with Crippen molar-refractivity contribution >= 4 is 5.97 Å². The Bertz CT molecular complexity index is 263. The average molecular weight is 167 g/mol. The Morgan fingerprint density at radius 1 is 1.58 bits per heavy atom. The topological polar surface area (TPSA) is 89.1 Å². The van der Waals surface area contributed by atoms with E-state index in [1.54, 1.807) is 12.4 Å². The van der Waals surface area contributed by atoms with Gasteiger partial charge in [0.2, 0.25) is 0 Å². The summed E-state index contributed by atoms with van der Waals surface area (Å²) in [6, 6.07) is -0.879. The van der Waals surface area contributed by atoms with Gasteiger partial charge in [-0.2, -0.15) is 0 Å². The Kier molecular flexibility index (Phi) is 2.71. The van der Waals surface area contributed by atoms with Gasteiger partial charge in [0.25, 0.3) is 0 Å². The molecule has 0 unspecified atom stereocenters. The molecule has 1 aromatic heterocycles. The van der Waals surface area contributed by atoms with E-state index in [0.717, 1.165) is 5.56 Å². The zero-order valence-electron chi connectivity index (χ0n) is 6.34. The van der Waals surface area contributed by atoms with E-state index in [0.29, 0.717) is 0 Å². The first kappa shape index (κ1) is 8.61. The lowest BCUT2D eigenvalue weighted by Crippen LogP contribution is -2.32. The Hall–Kier alpha value is -1.49. The second kappa shape index (κ2) is 3.77. The van der Waals surface area contributed by atoms with Crippen LogP contribution >= 0.6 is 0 Å². The summed E-state index contributed by atoms with van der Waals surface area (Å²) in [4.78, 5) is 17.8. The van der Waals surface area contributed by atoms with Crippen molar-refractivity contribution in [2.24, 2.45) is 5.73 Å². The smallest absolute Gasteiger partial charge is 0.320 e. The first-order valence-corrected chi connectivity index (χ1v) is 3.42. The summed E-state index contributed by atoms with van der Waals surface area (Å²) in [6.07, 6.45) is 4.75. The summed E-state index contributed by atoms with van der Waals surface area (Å²) in [5.41, 5.74) is 6.02. The maximum absolute atomic E-state index is 10.3. The van der Waals surface area contributed by atoms with Crippen LogP contribution in [0, 0.1) is 0 Å². The first-order chi connectivity index (χ1) is 5.70. The molecule has 0 amide bonds. The Balaban J connectivity index is 2.58. The average Bonchev–Trinajstić information content (AvgIpc) is 2.06. The lowest BCUT2D eigenvalue weighted by Gasteiger charge is -2.03. The molecule has 0 saturated carbocycles. The minimum atomic E-state index is -1.01. The van der Waals surface area contributed by atoms with Gasteiger partial charge < -0.3 is 10.8 Å². The highest BCUT2D eigenvalue weighted by molar-refractivity contribution is 5.73. The SMILES string of the molecule is N[C@@H](Cc1cncnc1)C(=O)O. The van der Waals surface area contributed by atoms with Crippen LogP contribution in [0.4, 0.5) is 0 Å². The molecule has 1 heterocycles. The predicted molar refractivity (Wildman–Crippen MR) is 41.3 cm³/mol. The van der Waals surface area contributed by atoms with Gasteiger partial charge in [0.15, 0.2) is 0 Å². The highest BCUT2D eigenvalue weighted by Crippen LogP contribution is 1.97. The molecule has 1 atom stereocenters. The van der Waals surface area contributed by atoms with E-state index in [1.165, 1.54) is 6.33 Å². The van der Waals surface area contributed by atoms with Crippen LogP contribution < -0.4 is 5.73 Å². The summed E-state index contributed by atoms with van der Waals surface area (Å²) >= 11 is 0. The quantitative estimate of drug-likeness (QED) is 0.629. The van der Waals surface area contributed by atoms with Gasteiger partial charge in [-0.15, -0.1) is 0 Å². The summed E-state index contributed by atoms with van der Waals surface area (Å²) in [5, 5.41) is 8.48. The maximum Gasteiger partial charge on any atom is 0.320 e. The standard InChI is InChI=1S/C7H9N3O2/c8-6(7(11)12)1-5-2-9-4-10-3-5/h2-4,6H,1,8H2,(H,11,12)/t6-/m0/s1. The highest BCUT2D eigenvalue weighted by Gasteiger charge is 2.11. The fourth-order valence-corrected chi connectivity index (χ4v) is 0.777. The third-order valence-electron chi connectivity index (χ3n) is 1.39. The van der Waals surface area contributed by atoms with Crippen molar-refractivity contribution in [3.8, 4) is 0 Å². The number of nitrogens with zero attached hydrogens (tertiary/aromatic N) is 2. The van der Waals surface area contributed by atoms with Crippen molar-refractivity contribution in [1.82, 2.24) is 9.97 Å². The van der Waals surface area contributed by atoms with Crippen LogP contribution in [0.15, 0.2) is 18.7 Å². The lowest BCUT2D eigenvalue weighted by atomic mass is 10.1. The summed E-state index contributed by atoms with van der Waals surface area (Å²) in [5.74, 6) is -1.01. The molecule has 0 aliphatic carbocycles. The molecule has 0 spiro atoms. The number of rotatable bonds is 3. The lowest BCUT2D eigenvalue weighted by molar-refractivity contribution is -0.138. The van der Waals surface area contributed by atoms with Gasteiger partial charge in [0.05, 0.1) is 0 Å². The molecule has 0 fully saturated rings. The fraction of sp³-hybridized carbons (Fsp3) is 0.286. The van der Waals surface area contributed by atoms with Crippen molar-refractivity contribution in [2.75, 3.05) is 0 Å². The van der Waals surface area contributed by atoms with Gasteiger partial charge in [0, 0.05) is 18.8 Å². The van der Waals surface area contributed by atoms with E-state index < -0.39 is 12.0 Å². The van der Waals surface area contributed by atoms with Crippen LogP contribution in [0.5, 0.6) is 0 Å². The van der Waals surface area contributed by atoms with Gasteiger partial charge in [-0.1, -0.05) is 0 Å². The molecule has 0 saturated heterocycles. The molecule has 3 N–H and O–H groups in total. The highest BCUT2D eigenvalue weighted by atomic mass is 16.4. The third-order valence-corrected chi connectivity index (χ3v) is 1.39. The monoisotopic (exact) mass is 167 g/mol. The van der Waals surface area contributed by atoms with Gasteiger partial charge in [-0.25, -0.2) is 9.97 Å². The van der Waals surface area contributed by atoms with Crippen molar-refractivity contribution in [1.29, 1.82) is 0 Å². The molecule has 0 bridgehead atoms. The largest absolute Gasteiger partial charge is 0.480 e. The molecular formula is C7H9N3O2. The molecule has 5 nitrogen and oxygen atoms in total. The molecule has 0 aliphatic rings. The number of carbonyl (C=O) groups is 1. The number of carboxylic acids is 1. The normalized spacial score (nSPS) is 12.4. The van der Waals surface area contributed by atoms with Gasteiger partial charge in [-0.3, -0.25) is 4.79 Å². The fourth-order valence-electron chi connectivity index (χ4n) is 0.777. The zero-order valence-corrected chi connectivity index (χ0v) is 6.34. The van der Waals surface area contributed by atoms with Crippen LogP contribution in [0.3, 0.4) is 0 Å². The number of hydrogen-bond acceptors (Lipinski definition) is 4. The third kappa shape index (κ3) is 2.28. The number of nitrogens with two attached hydrogens (primary N) is 1. The van der Waals surface area contributed by atoms with Gasteiger partial charge in [-0.05, 0) is 5.56 Å². The van der Waals surface area contributed by atoms with E-state index in [9.17, 15) is 4.79 Å². The van der Waals surface area contributed by atoms with E-state index in [1.807, 2.05) is 0 Å². The molecule has 12 heavy (non-hydrogen) atoms. The number of hydrogen-bond donors (Lipinski definition) is 2. The molecule has 1 rings (SSSR count). The van der Waals surface area contributed by atoms with Crippen LogP contribution in [-0.4, -0.2) is 27.1 Å². The van der Waals surface area contributed by atoms with Crippen molar-refractivity contribution in [3.63, 3.8) is 0 Å². The first-order valence-electron chi connectivity index (χ1n) is 3.42. The maximum atomic E-state index is 10.3.